The van der Waals surface area contributed by atoms with Crippen LogP contribution in [0, 0.1) is 5.92 Å². The Labute approximate surface area is 84.4 Å². The lowest BCUT2D eigenvalue weighted by Crippen LogP contribution is -2.54. The minimum Gasteiger partial charge on any atom is -0.468 e. The molecule has 2 N–H and O–H groups in total. The van der Waals surface area contributed by atoms with Gasteiger partial charge in [0.15, 0.2) is 0 Å². The van der Waals surface area contributed by atoms with Crippen LogP contribution in [0.15, 0.2) is 0 Å². The quantitative estimate of drug-likeness (QED) is 0.601. The molecule has 3 rings (SSSR count). The van der Waals surface area contributed by atoms with Crippen molar-refractivity contribution < 1.29 is 9.53 Å². The molecule has 0 aliphatic carbocycles. The molecule has 1 atom stereocenters. The van der Waals surface area contributed by atoms with E-state index in [4.69, 9.17) is 10.5 Å². The molecule has 4 heteroatoms. The Morgan fingerprint density at radius 2 is 2.07 bits per heavy atom. The predicted molar refractivity (Wildman–Crippen MR) is 52.7 cm³/mol. The standard InChI is InChI=1S/C10H18N2O2/c1-14-9(13)10(11)4-7-12-5-2-8(10)3-6-12/h8H,2-7,11H2,1H3. The van der Waals surface area contributed by atoms with Crippen molar-refractivity contribution in [3.05, 3.63) is 0 Å². The first-order chi connectivity index (χ1) is 6.66. The van der Waals surface area contributed by atoms with Crippen LogP contribution < -0.4 is 5.73 Å². The SMILES string of the molecule is COC(=O)C1(N)CCN2CCC1CC2. The molecule has 1 unspecified atom stereocenters. The van der Waals surface area contributed by atoms with E-state index in [0.29, 0.717) is 5.92 Å². The fourth-order valence-corrected chi connectivity index (χ4v) is 2.68. The Balaban J connectivity index is 2.21. The zero-order valence-corrected chi connectivity index (χ0v) is 8.66. The minimum atomic E-state index is -0.722. The molecule has 0 amide bonds. The van der Waals surface area contributed by atoms with E-state index in [1.807, 2.05) is 0 Å². The Hall–Kier alpha value is -0.610. The molecular formula is C10H18N2O2. The summed E-state index contributed by atoms with van der Waals surface area (Å²) in [7, 11) is 1.43. The number of rotatable bonds is 1. The molecule has 3 heterocycles. The van der Waals surface area contributed by atoms with Crippen molar-refractivity contribution in [2.24, 2.45) is 11.7 Å². The maximum atomic E-state index is 11.7. The van der Waals surface area contributed by atoms with Crippen molar-refractivity contribution >= 4 is 5.97 Å². The van der Waals surface area contributed by atoms with Crippen molar-refractivity contribution in [3.63, 3.8) is 0 Å². The molecule has 0 aromatic rings. The summed E-state index contributed by atoms with van der Waals surface area (Å²) in [5.74, 6) is 0.0833. The maximum Gasteiger partial charge on any atom is 0.326 e. The molecule has 80 valence electrons. The molecule has 0 aromatic heterocycles. The number of nitrogens with zero attached hydrogens (tertiary/aromatic N) is 1. The predicted octanol–water partition coefficient (Wildman–Crippen LogP) is -0.0274. The summed E-state index contributed by atoms with van der Waals surface area (Å²) in [5.41, 5.74) is 5.47. The van der Waals surface area contributed by atoms with Crippen LogP contribution in [0.5, 0.6) is 0 Å². The van der Waals surface area contributed by atoms with E-state index in [9.17, 15) is 4.79 Å². The lowest BCUT2D eigenvalue weighted by Gasteiger charge is -2.34. The van der Waals surface area contributed by atoms with Crippen molar-refractivity contribution in [1.82, 2.24) is 4.90 Å². The first-order valence-corrected chi connectivity index (χ1v) is 5.26. The highest BCUT2D eigenvalue weighted by Gasteiger charge is 2.46. The summed E-state index contributed by atoms with van der Waals surface area (Å²) in [5, 5.41) is 0. The molecule has 4 nitrogen and oxygen atoms in total. The molecule has 0 saturated carbocycles. The van der Waals surface area contributed by atoms with Gasteiger partial charge in [-0.15, -0.1) is 0 Å². The lowest BCUT2D eigenvalue weighted by atomic mass is 9.78. The van der Waals surface area contributed by atoms with Gasteiger partial charge in [0.25, 0.3) is 0 Å². The minimum absolute atomic E-state index is 0.230. The zero-order valence-electron chi connectivity index (χ0n) is 8.66. The van der Waals surface area contributed by atoms with Crippen LogP contribution in [0.1, 0.15) is 19.3 Å². The third-order valence-corrected chi connectivity index (χ3v) is 3.72. The molecule has 14 heavy (non-hydrogen) atoms. The van der Waals surface area contributed by atoms with Gasteiger partial charge in [-0.3, -0.25) is 4.79 Å². The molecule has 2 bridgehead atoms. The van der Waals surface area contributed by atoms with Crippen molar-refractivity contribution in [2.75, 3.05) is 26.7 Å². The third-order valence-electron chi connectivity index (χ3n) is 3.72. The summed E-state index contributed by atoms with van der Waals surface area (Å²) in [4.78, 5) is 14.0. The fourth-order valence-electron chi connectivity index (χ4n) is 2.68. The number of piperidine rings is 1. The van der Waals surface area contributed by atoms with Crippen LogP contribution >= 0.6 is 0 Å². The highest BCUT2D eigenvalue weighted by molar-refractivity contribution is 5.81. The zero-order chi connectivity index (χ0) is 10.2. The first-order valence-electron chi connectivity index (χ1n) is 5.26. The van der Waals surface area contributed by atoms with Gasteiger partial charge in [-0.2, -0.15) is 0 Å². The fraction of sp³-hybridized carbons (Fsp3) is 0.900. The van der Waals surface area contributed by atoms with Gasteiger partial charge < -0.3 is 15.4 Å². The largest absolute Gasteiger partial charge is 0.468 e. The van der Waals surface area contributed by atoms with E-state index in [2.05, 4.69) is 4.90 Å². The molecule has 3 fully saturated rings. The van der Waals surface area contributed by atoms with Crippen molar-refractivity contribution in [1.29, 1.82) is 0 Å². The van der Waals surface area contributed by atoms with Gasteiger partial charge in [-0.1, -0.05) is 0 Å². The van der Waals surface area contributed by atoms with Gasteiger partial charge in [0.05, 0.1) is 7.11 Å². The molecule has 0 radical (unpaired) electrons. The van der Waals surface area contributed by atoms with Gasteiger partial charge in [0, 0.05) is 6.54 Å². The Morgan fingerprint density at radius 3 is 2.64 bits per heavy atom. The summed E-state index contributed by atoms with van der Waals surface area (Å²) in [6.07, 6.45) is 2.81. The summed E-state index contributed by atoms with van der Waals surface area (Å²) in [6.45, 7) is 3.10. The molecular weight excluding hydrogens is 180 g/mol. The summed E-state index contributed by atoms with van der Waals surface area (Å²) in [6, 6.07) is 0. The number of nitrogens with two attached hydrogens (primary N) is 1. The second kappa shape index (κ2) is 3.51. The second-order valence-corrected chi connectivity index (χ2v) is 4.40. The van der Waals surface area contributed by atoms with Gasteiger partial charge in [-0.25, -0.2) is 0 Å². The van der Waals surface area contributed by atoms with Gasteiger partial charge in [-0.05, 0) is 38.3 Å². The van der Waals surface area contributed by atoms with Crippen molar-refractivity contribution in [2.45, 2.75) is 24.8 Å². The number of hydrogen-bond acceptors (Lipinski definition) is 4. The van der Waals surface area contributed by atoms with E-state index in [1.165, 1.54) is 7.11 Å². The number of esters is 1. The van der Waals surface area contributed by atoms with E-state index >= 15 is 0 Å². The van der Waals surface area contributed by atoms with Crippen LogP contribution in [-0.2, 0) is 9.53 Å². The molecule has 0 spiro atoms. The van der Waals surface area contributed by atoms with Crippen LogP contribution in [0.25, 0.3) is 0 Å². The van der Waals surface area contributed by atoms with Gasteiger partial charge in [0.1, 0.15) is 5.54 Å². The van der Waals surface area contributed by atoms with Gasteiger partial charge >= 0.3 is 5.97 Å². The molecule has 0 aromatic carbocycles. The van der Waals surface area contributed by atoms with Crippen molar-refractivity contribution in [3.8, 4) is 0 Å². The Bertz CT molecular complexity index is 236. The topological polar surface area (TPSA) is 55.6 Å². The second-order valence-electron chi connectivity index (χ2n) is 4.40. The highest BCUT2D eigenvalue weighted by Crippen LogP contribution is 2.34. The van der Waals surface area contributed by atoms with E-state index in [0.717, 1.165) is 38.9 Å². The number of carbonyl (C=O) groups excluding carboxylic acids is 1. The Morgan fingerprint density at radius 1 is 1.43 bits per heavy atom. The molecule has 3 aliphatic heterocycles. The highest BCUT2D eigenvalue weighted by atomic mass is 16.5. The van der Waals surface area contributed by atoms with E-state index < -0.39 is 5.54 Å². The third kappa shape index (κ3) is 1.42. The smallest absolute Gasteiger partial charge is 0.326 e. The Kier molecular flexibility index (Phi) is 2.49. The monoisotopic (exact) mass is 198 g/mol. The average molecular weight is 198 g/mol. The van der Waals surface area contributed by atoms with E-state index in [1.54, 1.807) is 0 Å². The molecule has 3 saturated heterocycles. The van der Waals surface area contributed by atoms with Crippen LogP contribution in [-0.4, -0.2) is 43.2 Å². The lowest BCUT2D eigenvalue weighted by molar-refractivity contribution is -0.149. The van der Waals surface area contributed by atoms with E-state index in [-0.39, 0.29) is 5.97 Å². The van der Waals surface area contributed by atoms with Crippen LogP contribution in [0.4, 0.5) is 0 Å². The maximum absolute atomic E-state index is 11.7. The summed E-state index contributed by atoms with van der Waals surface area (Å²) >= 11 is 0. The molecule has 3 aliphatic rings. The number of fused-ring (bicyclic) bond motifs is 4. The van der Waals surface area contributed by atoms with Crippen LogP contribution in [0.3, 0.4) is 0 Å². The number of hydrogen-bond donors (Lipinski definition) is 1. The van der Waals surface area contributed by atoms with Gasteiger partial charge in [0.2, 0.25) is 0 Å². The van der Waals surface area contributed by atoms with Crippen LogP contribution in [0.2, 0.25) is 0 Å². The number of carbonyl (C=O) groups is 1. The number of ether oxygens (including phenoxy) is 1. The summed E-state index contributed by atoms with van der Waals surface area (Å²) < 4.78 is 4.82. The number of methoxy groups -OCH3 is 1. The first kappa shape index (κ1) is 9.93. The normalized spacial score (nSPS) is 41.9. The average Bonchev–Trinajstić information content (AvgIpc) is 2.49.